The third-order valence-electron chi connectivity index (χ3n) is 4.83. The highest BCUT2D eigenvalue weighted by Gasteiger charge is 2.35. The van der Waals surface area contributed by atoms with Crippen LogP contribution >= 0.6 is 11.8 Å². The summed E-state index contributed by atoms with van der Waals surface area (Å²) in [6.45, 7) is 0. The highest BCUT2D eigenvalue weighted by Crippen LogP contribution is 2.37. The van der Waals surface area contributed by atoms with Crippen LogP contribution in [0, 0.1) is 5.82 Å². The van der Waals surface area contributed by atoms with Gasteiger partial charge in [-0.3, -0.25) is 9.69 Å². The summed E-state index contributed by atoms with van der Waals surface area (Å²) in [6, 6.07) is 28.6. The number of para-hydroxylation sites is 2. The van der Waals surface area contributed by atoms with Gasteiger partial charge in [0.15, 0.2) is 5.17 Å². The number of nitrogens with zero attached hydrogens (tertiary/aromatic N) is 2. The van der Waals surface area contributed by atoms with E-state index in [9.17, 15) is 9.18 Å². The number of thioether (sulfide) groups is 1. The Morgan fingerprint density at radius 2 is 1.53 bits per heavy atom. The molecule has 0 atom stereocenters. The molecule has 0 aliphatic carbocycles. The van der Waals surface area contributed by atoms with Crippen LogP contribution in [0.15, 0.2) is 111 Å². The van der Waals surface area contributed by atoms with Gasteiger partial charge in [-0.05, 0) is 72.4 Å². The van der Waals surface area contributed by atoms with Gasteiger partial charge in [-0.15, -0.1) is 0 Å². The molecule has 6 heteroatoms. The number of amides is 1. The molecule has 0 unspecified atom stereocenters. The summed E-state index contributed by atoms with van der Waals surface area (Å²) in [5.74, 6) is 0.664. The molecule has 1 aromatic heterocycles. The van der Waals surface area contributed by atoms with Crippen LogP contribution in [0.2, 0.25) is 0 Å². The number of furan rings is 1. The molecule has 1 saturated heterocycles. The topological polar surface area (TPSA) is 45.8 Å². The van der Waals surface area contributed by atoms with Crippen molar-refractivity contribution in [3.63, 3.8) is 0 Å². The van der Waals surface area contributed by atoms with E-state index < -0.39 is 0 Å². The predicted octanol–water partition coefficient (Wildman–Crippen LogP) is 6.89. The number of amidine groups is 1. The normalized spacial score (nSPS) is 16.3. The Morgan fingerprint density at radius 1 is 0.844 bits per heavy atom. The van der Waals surface area contributed by atoms with E-state index in [2.05, 4.69) is 0 Å². The smallest absolute Gasteiger partial charge is 0.271 e. The summed E-state index contributed by atoms with van der Waals surface area (Å²) >= 11 is 1.30. The number of benzene rings is 3. The number of anilines is 1. The second-order valence-corrected chi connectivity index (χ2v) is 8.03. The van der Waals surface area contributed by atoms with Crippen molar-refractivity contribution in [3.8, 4) is 11.3 Å². The van der Waals surface area contributed by atoms with Gasteiger partial charge >= 0.3 is 0 Å². The molecule has 4 aromatic rings. The van der Waals surface area contributed by atoms with Crippen LogP contribution in [0.5, 0.6) is 0 Å². The van der Waals surface area contributed by atoms with Crippen LogP contribution in [0.25, 0.3) is 17.4 Å². The Labute approximate surface area is 188 Å². The Kier molecular flexibility index (Phi) is 5.44. The first-order valence-electron chi connectivity index (χ1n) is 9.96. The van der Waals surface area contributed by atoms with Crippen LogP contribution in [0.4, 0.5) is 15.8 Å². The minimum atomic E-state index is -0.304. The van der Waals surface area contributed by atoms with Crippen molar-refractivity contribution in [3.05, 3.63) is 114 Å². The van der Waals surface area contributed by atoms with E-state index in [4.69, 9.17) is 9.41 Å². The SMILES string of the molecule is O=C1C(=Cc2ccc(-c3ccc(F)cc3)o2)SC(=Nc2ccccc2)N1c1ccccc1. The number of carbonyl (C=O) groups excluding carboxylic acids is 1. The van der Waals surface area contributed by atoms with Gasteiger partial charge in [-0.1, -0.05) is 36.4 Å². The lowest BCUT2D eigenvalue weighted by Crippen LogP contribution is -2.28. The van der Waals surface area contributed by atoms with E-state index in [-0.39, 0.29) is 11.7 Å². The van der Waals surface area contributed by atoms with Gasteiger partial charge in [-0.2, -0.15) is 0 Å². The van der Waals surface area contributed by atoms with Crippen molar-refractivity contribution in [1.82, 2.24) is 0 Å². The fraction of sp³-hybridized carbons (Fsp3) is 0. The molecule has 3 aromatic carbocycles. The molecule has 1 amide bonds. The quantitative estimate of drug-likeness (QED) is 0.325. The third-order valence-corrected chi connectivity index (χ3v) is 5.80. The van der Waals surface area contributed by atoms with E-state index in [0.29, 0.717) is 21.6 Å². The minimum Gasteiger partial charge on any atom is -0.457 e. The second kappa shape index (κ2) is 8.69. The van der Waals surface area contributed by atoms with Crippen molar-refractivity contribution < 1.29 is 13.6 Å². The van der Waals surface area contributed by atoms with Crippen LogP contribution < -0.4 is 4.90 Å². The second-order valence-electron chi connectivity index (χ2n) is 7.03. The molecule has 156 valence electrons. The molecule has 0 N–H and O–H groups in total. The Balaban J connectivity index is 1.50. The van der Waals surface area contributed by atoms with Gasteiger partial charge in [0.05, 0.1) is 16.3 Å². The molecule has 1 aliphatic heterocycles. The Hall–Kier alpha value is -3.90. The van der Waals surface area contributed by atoms with Gasteiger partial charge in [0.25, 0.3) is 5.91 Å². The van der Waals surface area contributed by atoms with E-state index in [1.54, 1.807) is 35.2 Å². The highest BCUT2D eigenvalue weighted by atomic mass is 32.2. The average Bonchev–Trinajstić information content (AvgIpc) is 3.40. The molecule has 0 radical (unpaired) electrons. The van der Waals surface area contributed by atoms with Crippen molar-refractivity contribution >= 4 is 40.3 Å². The number of hydrogen-bond acceptors (Lipinski definition) is 4. The van der Waals surface area contributed by atoms with Crippen molar-refractivity contribution in [1.29, 1.82) is 0 Å². The third kappa shape index (κ3) is 4.13. The largest absolute Gasteiger partial charge is 0.457 e. The number of aliphatic imine (C=N–C) groups is 1. The number of rotatable bonds is 4. The molecule has 5 rings (SSSR count). The Morgan fingerprint density at radius 3 is 2.25 bits per heavy atom. The van der Waals surface area contributed by atoms with Crippen molar-refractivity contribution in [2.75, 3.05) is 4.90 Å². The number of hydrogen-bond donors (Lipinski definition) is 0. The van der Waals surface area contributed by atoms with Gasteiger partial charge in [0.2, 0.25) is 0 Å². The molecule has 4 nitrogen and oxygen atoms in total. The molecular formula is C26H17FN2O2S. The van der Waals surface area contributed by atoms with Crippen molar-refractivity contribution in [2.45, 2.75) is 0 Å². The molecule has 0 saturated carbocycles. The summed E-state index contributed by atoms with van der Waals surface area (Å²) in [7, 11) is 0. The van der Waals surface area contributed by atoms with Crippen LogP contribution in [-0.2, 0) is 4.79 Å². The van der Waals surface area contributed by atoms with E-state index in [1.165, 1.54) is 23.9 Å². The van der Waals surface area contributed by atoms with Gasteiger partial charge < -0.3 is 4.42 Å². The van der Waals surface area contributed by atoms with E-state index in [0.717, 1.165) is 16.9 Å². The molecule has 2 heterocycles. The van der Waals surface area contributed by atoms with E-state index >= 15 is 0 Å². The molecule has 1 aliphatic rings. The zero-order valence-electron chi connectivity index (χ0n) is 16.8. The van der Waals surface area contributed by atoms with Gasteiger partial charge in [-0.25, -0.2) is 9.38 Å². The minimum absolute atomic E-state index is 0.171. The number of halogens is 1. The lowest BCUT2D eigenvalue weighted by Gasteiger charge is -2.15. The van der Waals surface area contributed by atoms with Gasteiger partial charge in [0.1, 0.15) is 17.3 Å². The van der Waals surface area contributed by atoms with Crippen LogP contribution in [-0.4, -0.2) is 11.1 Å². The standard InChI is InChI=1S/C26H17FN2O2S/c27-19-13-11-18(12-14-19)23-16-15-22(31-23)17-24-25(30)29(21-9-5-2-6-10-21)26(32-24)28-20-7-3-1-4-8-20/h1-17H. The first-order chi connectivity index (χ1) is 15.7. The monoisotopic (exact) mass is 440 g/mol. The number of carbonyl (C=O) groups is 1. The van der Waals surface area contributed by atoms with E-state index in [1.807, 2.05) is 60.7 Å². The van der Waals surface area contributed by atoms with Crippen LogP contribution in [0.1, 0.15) is 5.76 Å². The highest BCUT2D eigenvalue weighted by molar-refractivity contribution is 8.19. The van der Waals surface area contributed by atoms with Crippen LogP contribution in [0.3, 0.4) is 0 Å². The summed E-state index contributed by atoms with van der Waals surface area (Å²) in [4.78, 5) is 20.1. The molecule has 0 spiro atoms. The molecule has 0 bridgehead atoms. The summed E-state index contributed by atoms with van der Waals surface area (Å²) in [5.41, 5.74) is 2.27. The maximum Gasteiger partial charge on any atom is 0.271 e. The maximum absolute atomic E-state index is 13.3. The molecule has 32 heavy (non-hydrogen) atoms. The summed E-state index contributed by atoms with van der Waals surface area (Å²) in [5, 5.41) is 0.573. The first-order valence-corrected chi connectivity index (χ1v) is 10.8. The summed E-state index contributed by atoms with van der Waals surface area (Å²) < 4.78 is 19.1. The summed E-state index contributed by atoms with van der Waals surface area (Å²) in [6.07, 6.45) is 1.71. The average molecular weight is 440 g/mol. The van der Waals surface area contributed by atoms with Gasteiger partial charge in [0, 0.05) is 11.6 Å². The molecule has 1 fully saturated rings. The van der Waals surface area contributed by atoms with Crippen molar-refractivity contribution in [2.24, 2.45) is 4.99 Å². The fourth-order valence-corrected chi connectivity index (χ4v) is 4.28. The Bertz CT molecular complexity index is 1310. The lowest BCUT2D eigenvalue weighted by atomic mass is 10.2. The predicted molar refractivity (Wildman–Crippen MR) is 127 cm³/mol. The first kappa shape index (κ1) is 20.0. The maximum atomic E-state index is 13.3. The fourth-order valence-electron chi connectivity index (χ4n) is 3.30. The zero-order valence-corrected chi connectivity index (χ0v) is 17.6. The lowest BCUT2D eigenvalue weighted by molar-refractivity contribution is -0.113. The zero-order chi connectivity index (χ0) is 21.9. The molecular weight excluding hydrogens is 423 g/mol.